The standard InChI is InChI=1S/C27H38N4O3/c1-18(32)31-22(13-19-6-10-28-11-7-19)24(33)17-29-23-15-27(8-5-9-27)34-25-21(23)12-20(16-30-25)14-26(2,3)4/h6-7,10-12,16,22-24,29,33H,5,8-9,13-15,17H2,1-4H3,(H,31,32)/t22-,23-,24+/m0/s1. The van der Waals surface area contributed by atoms with E-state index in [1.165, 1.54) is 18.9 Å². The molecule has 7 nitrogen and oxygen atoms in total. The summed E-state index contributed by atoms with van der Waals surface area (Å²) in [7, 11) is 0. The second-order valence-electron chi connectivity index (χ2n) is 11.2. The molecule has 1 aliphatic heterocycles. The van der Waals surface area contributed by atoms with Crippen molar-refractivity contribution in [2.24, 2.45) is 5.41 Å². The molecular formula is C27H38N4O3. The van der Waals surface area contributed by atoms with E-state index < -0.39 is 12.1 Å². The fraction of sp³-hybridized carbons (Fsp3) is 0.593. The lowest BCUT2D eigenvalue weighted by atomic mass is 9.73. The Labute approximate surface area is 202 Å². The number of aromatic nitrogens is 2. The Morgan fingerprint density at radius 1 is 1.26 bits per heavy atom. The van der Waals surface area contributed by atoms with Gasteiger partial charge in [-0.25, -0.2) is 4.98 Å². The first-order chi connectivity index (χ1) is 16.1. The molecule has 7 heteroatoms. The van der Waals surface area contributed by atoms with Crippen LogP contribution >= 0.6 is 0 Å². The van der Waals surface area contributed by atoms with E-state index in [1.807, 2.05) is 18.3 Å². The number of nitrogens with zero attached hydrogens (tertiary/aromatic N) is 2. The number of hydrogen-bond donors (Lipinski definition) is 3. The van der Waals surface area contributed by atoms with Crippen molar-refractivity contribution in [1.82, 2.24) is 20.6 Å². The summed E-state index contributed by atoms with van der Waals surface area (Å²) in [4.78, 5) is 20.6. The van der Waals surface area contributed by atoms with Gasteiger partial charge in [0.05, 0.1) is 12.1 Å². The lowest BCUT2D eigenvalue weighted by molar-refractivity contribution is -0.120. The molecule has 1 amide bonds. The van der Waals surface area contributed by atoms with Gasteiger partial charge < -0.3 is 20.5 Å². The number of aliphatic hydroxyl groups excluding tert-OH is 1. The van der Waals surface area contributed by atoms with Gasteiger partial charge in [-0.15, -0.1) is 0 Å². The summed E-state index contributed by atoms with van der Waals surface area (Å²) < 4.78 is 6.38. The molecule has 3 heterocycles. The minimum Gasteiger partial charge on any atom is -0.471 e. The molecule has 0 radical (unpaired) electrons. The number of carbonyl (C=O) groups is 1. The first kappa shape index (κ1) is 24.6. The van der Waals surface area contributed by atoms with E-state index in [2.05, 4.69) is 42.5 Å². The molecule has 1 spiro atoms. The molecule has 1 aliphatic carbocycles. The minimum atomic E-state index is -0.744. The topological polar surface area (TPSA) is 96.4 Å². The average molecular weight is 467 g/mol. The van der Waals surface area contributed by atoms with Crippen LogP contribution < -0.4 is 15.4 Å². The normalized spacial score (nSPS) is 20.6. The summed E-state index contributed by atoms with van der Waals surface area (Å²) in [5, 5.41) is 17.6. The molecule has 184 valence electrons. The molecule has 3 atom stereocenters. The summed E-state index contributed by atoms with van der Waals surface area (Å²) in [5.74, 6) is 0.560. The largest absolute Gasteiger partial charge is 0.471 e. The summed E-state index contributed by atoms with van der Waals surface area (Å²) in [6, 6.07) is 5.68. The highest BCUT2D eigenvalue weighted by Crippen LogP contribution is 2.48. The third-order valence-corrected chi connectivity index (χ3v) is 6.83. The van der Waals surface area contributed by atoms with Crippen LogP contribution in [0, 0.1) is 5.41 Å². The van der Waals surface area contributed by atoms with Crippen molar-refractivity contribution < 1.29 is 14.6 Å². The second kappa shape index (κ2) is 10.0. The number of rotatable bonds is 8. The van der Waals surface area contributed by atoms with Crippen molar-refractivity contribution in [2.75, 3.05) is 6.54 Å². The summed E-state index contributed by atoms with van der Waals surface area (Å²) in [6.45, 7) is 8.52. The number of amides is 1. The third kappa shape index (κ3) is 6.13. The Hall–Kier alpha value is -2.51. The zero-order chi connectivity index (χ0) is 24.3. The smallest absolute Gasteiger partial charge is 0.218 e. The van der Waals surface area contributed by atoms with E-state index in [1.54, 1.807) is 12.4 Å². The number of nitrogens with one attached hydrogen (secondary N) is 2. The molecule has 0 saturated heterocycles. The SMILES string of the molecule is CC(=O)N[C@@H](Cc1ccncc1)[C@H](O)CN[C@H]1CC2(CCC2)Oc2ncc(CC(C)(C)C)cc21. The van der Waals surface area contributed by atoms with Crippen LogP contribution in [-0.2, 0) is 17.6 Å². The van der Waals surface area contributed by atoms with E-state index >= 15 is 0 Å². The highest BCUT2D eigenvalue weighted by Gasteiger charge is 2.46. The van der Waals surface area contributed by atoms with E-state index in [9.17, 15) is 9.90 Å². The Morgan fingerprint density at radius 3 is 2.62 bits per heavy atom. The van der Waals surface area contributed by atoms with Crippen LogP contribution in [0.3, 0.4) is 0 Å². The van der Waals surface area contributed by atoms with E-state index in [0.29, 0.717) is 18.8 Å². The molecule has 2 aromatic rings. The Kier molecular flexibility index (Phi) is 7.24. The van der Waals surface area contributed by atoms with Crippen LogP contribution in [0.25, 0.3) is 0 Å². The first-order valence-electron chi connectivity index (χ1n) is 12.4. The van der Waals surface area contributed by atoms with Crippen molar-refractivity contribution in [3.05, 3.63) is 53.5 Å². The molecular weight excluding hydrogens is 428 g/mol. The van der Waals surface area contributed by atoms with Crippen LogP contribution in [0.2, 0.25) is 0 Å². The van der Waals surface area contributed by atoms with E-state index in [-0.39, 0.29) is 23.0 Å². The summed E-state index contributed by atoms with van der Waals surface area (Å²) in [6.07, 6.45) is 10.2. The summed E-state index contributed by atoms with van der Waals surface area (Å²) in [5.41, 5.74) is 3.30. The van der Waals surface area contributed by atoms with Crippen LogP contribution in [0.1, 0.15) is 76.1 Å². The number of pyridine rings is 2. The van der Waals surface area contributed by atoms with Gasteiger partial charge in [-0.2, -0.15) is 0 Å². The number of hydrogen-bond acceptors (Lipinski definition) is 6. The highest BCUT2D eigenvalue weighted by atomic mass is 16.5. The number of ether oxygens (including phenoxy) is 1. The molecule has 34 heavy (non-hydrogen) atoms. The summed E-state index contributed by atoms with van der Waals surface area (Å²) >= 11 is 0. The second-order valence-corrected chi connectivity index (χ2v) is 11.2. The van der Waals surface area contributed by atoms with Gasteiger partial charge in [0.25, 0.3) is 0 Å². The molecule has 4 rings (SSSR count). The Bertz CT molecular complexity index is 985. The van der Waals surface area contributed by atoms with Gasteiger partial charge >= 0.3 is 0 Å². The van der Waals surface area contributed by atoms with Crippen LogP contribution in [-0.4, -0.2) is 45.3 Å². The average Bonchev–Trinajstić information content (AvgIpc) is 2.75. The molecule has 0 bridgehead atoms. The van der Waals surface area contributed by atoms with Gasteiger partial charge in [-0.3, -0.25) is 9.78 Å². The first-order valence-corrected chi connectivity index (χ1v) is 12.4. The van der Waals surface area contributed by atoms with Crippen molar-refractivity contribution in [3.63, 3.8) is 0 Å². The zero-order valence-electron chi connectivity index (χ0n) is 20.8. The fourth-order valence-corrected chi connectivity index (χ4v) is 5.07. The molecule has 3 N–H and O–H groups in total. The molecule has 2 aliphatic rings. The van der Waals surface area contributed by atoms with E-state index in [4.69, 9.17) is 9.72 Å². The van der Waals surface area contributed by atoms with Gasteiger partial charge in [0, 0.05) is 50.1 Å². The Balaban J connectivity index is 1.50. The maximum Gasteiger partial charge on any atom is 0.218 e. The van der Waals surface area contributed by atoms with Crippen molar-refractivity contribution in [3.8, 4) is 5.88 Å². The minimum absolute atomic E-state index is 0.0463. The van der Waals surface area contributed by atoms with Gasteiger partial charge in [-0.1, -0.05) is 20.8 Å². The van der Waals surface area contributed by atoms with Crippen molar-refractivity contribution in [2.45, 2.75) is 90.0 Å². The maximum atomic E-state index is 11.8. The predicted molar refractivity (Wildman–Crippen MR) is 132 cm³/mol. The molecule has 0 aromatic carbocycles. The number of carbonyl (C=O) groups excluding carboxylic acids is 1. The lowest BCUT2D eigenvalue weighted by Gasteiger charge is -2.47. The van der Waals surface area contributed by atoms with Gasteiger partial charge in [0.15, 0.2) is 0 Å². The van der Waals surface area contributed by atoms with Crippen LogP contribution in [0.15, 0.2) is 36.8 Å². The van der Waals surface area contributed by atoms with Crippen LogP contribution in [0.5, 0.6) is 5.88 Å². The van der Waals surface area contributed by atoms with Gasteiger partial charge in [0.1, 0.15) is 5.60 Å². The highest BCUT2D eigenvalue weighted by molar-refractivity contribution is 5.73. The quantitative estimate of drug-likeness (QED) is 0.551. The van der Waals surface area contributed by atoms with Crippen LogP contribution in [0.4, 0.5) is 0 Å². The lowest BCUT2D eigenvalue weighted by Crippen LogP contribution is -2.52. The van der Waals surface area contributed by atoms with Crippen molar-refractivity contribution in [1.29, 1.82) is 0 Å². The number of aliphatic hydroxyl groups is 1. The predicted octanol–water partition coefficient (Wildman–Crippen LogP) is 3.51. The number of fused-ring (bicyclic) bond motifs is 1. The van der Waals surface area contributed by atoms with Gasteiger partial charge in [-0.05, 0) is 66.8 Å². The Morgan fingerprint density at radius 2 is 2.00 bits per heavy atom. The maximum absolute atomic E-state index is 11.8. The molecule has 1 saturated carbocycles. The van der Waals surface area contributed by atoms with Gasteiger partial charge in [0.2, 0.25) is 11.8 Å². The zero-order valence-corrected chi connectivity index (χ0v) is 20.8. The fourth-order valence-electron chi connectivity index (χ4n) is 5.07. The van der Waals surface area contributed by atoms with E-state index in [0.717, 1.165) is 36.8 Å². The third-order valence-electron chi connectivity index (χ3n) is 6.83. The molecule has 2 aromatic heterocycles. The molecule has 0 unspecified atom stereocenters. The molecule has 1 fully saturated rings. The van der Waals surface area contributed by atoms with Crippen molar-refractivity contribution >= 4 is 5.91 Å². The monoisotopic (exact) mass is 466 g/mol.